The van der Waals surface area contributed by atoms with E-state index in [1.807, 2.05) is 18.3 Å². The molecule has 1 atom stereocenters. The Morgan fingerprint density at radius 2 is 2.11 bits per heavy atom. The normalized spacial score (nSPS) is 12.4. The molecule has 1 rings (SSSR count). The first kappa shape index (κ1) is 14.9. The third-order valence-corrected chi connectivity index (χ3v) is 2.82. The van der Waals surface area contributed by atoms with Gasteiger partial charge in [0.2, 0.25) is 0 Å². The fraction of sp³-hybridized carbons (Fsp3) is 0.615. The highest BCUT2D eigenvalue weighted by atomic mass is 16.5. The lowest BCUT2D eigenvalue weighted by molar-refractivity contribution is 0.170. The quantitative estimate of drug-likeness (QED) is 0.749. The molecule has 0 aromatic carbocycles. The average molecular weight is 253 g/mol. The molecule has 0 aliphatic rings. The largest absolute Gasteiger partial charge is 0.383 e. The van der Waals surface area contributed by atoms with E-state index >= 15 is 0 Å². The summed E-state index contributed by atoms with van der Waals surface area (Å²) in [4.78, 5) is 6.61. The summed E-state index contributed by atoms with van der Waals surface area (Å²) in [6.45, 7) is 4.73. The molecule has 1 unspecified atom stereocenters. The van der Waals surface area contributed by atoms with Crippen molar-refractivity contribution in [2.75, 3.05) is 38.9 Å². The third kappa shape index (κ3) is 4.25. The van der Waals surface area contributed by atoms with Crippen LogP contribution in [0.15, 0.2) is 18.3 Å². The summed E-state index contributed by atoms with van der Waals surface area (Å²) in [7, 11) is 3.40. The summed E-state index contributed by atoms with van der Waals surface area (Å²) in [5.41, 5.74) is 6.60. The molecular weight excluding hydrogens is 230 g/mol. The molecule has 18 heavy (non-hydrogen) atoms. The minimum Gasteiger partial charge on any atom is -0.383 e. The van der Waals surface area contributed by atoms with Gasteiger partial charge in [-0.05, 0) is 18.6 Å². The van der Waals surface area contributed by atoms with Crippen molar-refractivity contribution < 1.29 is 9.47 Å². The molecule has 0 aliphatic carbocycles. The Morgan fingerprint density at radius 3 is 2.61 bits per heavy atom. The van der Waals surface area contributed by atoms with Crippen LogP contribution in [-0.4, -0.2) is 45.0 Å². The molecular formula is C13H23N3O2. The van der Waals surface area contributed by atoms with E-state index in [-0.39, 0.29) is 6.04 Å². The molecule has 0 bridgehead atoms. The highest BCUT2D eigenvalue weighted by Gasteiger charge is 2.15. The number of nitrogens with two attached hydrogens (primary N) is 1. The second-order valence-corrected chi connectivity index (χ2v) is 4.22. The molecule has 102 valence electrons. The summed E-state index contributed by atoms with van der Waals surface area (Å²) < 4.78 is 10.3. The Labute approximate surface area is 109 Å². The highest BCUT2D eigenvalue weighted by molar-refractivity contribution is 5.40. The van der Waals surface area contributed by atoms with E-state index in [0.29, 0.717) is 19.8 Å². The van der Waals surface area contributed by atoms with Gasteiger partial charge in [-0.15, -0.1) is 0 Å². The predicted molar refractivity (Wildman–Crippen MR) is 72.7 cm³/mol. The van der Waals surface area contributed by atoms with Crippen molar-refractivity contribution in [2.45, 2.75) is 19.5 Å². The molecule has 5 heteroatoms. The van der Waals surface area contributed by atoms with Crippen molar-refractivity contribution in [1.29, 1.82) is 0 Å². The van der Waals surface area contributed by atoms with Crippen LogP contribution < -0.4 is 10.6 Å². The first-order valence-electron chi connectivity index (χ1n) is 6.12. The Bertz CT molecular complexity index is 330. The van der Waals surface area contributed by atoms with Crippen LogP contribution in [0.2, 0.25) is 0 Å². The van der Waals surface area contributed by atoms with Crippen molar-refractivity contribution >= 4 is 5.82 Å². The van der Waals surface area contributed by atoms with Gasteiger partial charge < -0.3 is 20.1 Å². The zero-order valence-corrected chi connectivity index (χ0v) is 11.4. The zero-order chi connectivity index (χ0) is 13.4. The number of hydrogen-bond donors (Lipinski definition) is 1. The fourth-order valence-corrected chi connectivity index (χ4v) is 1.79. The number of methoxy groups -OCH3 is 2. The maximum absolute atomic E-state index is 5.57. The van der Waals surface area contributed by atoms with Gasteiger partial charge in [0, 0.05) is 33.5 Å². The molecule has 0 saturated heterocycles. The van der Waals surface area contributed by atoms with E-state index in [9.17, 15) is 0 Å². The van der Waals surface area contributed by atoms with E-state index in [1.165, 1.54) is 0 Å². The minimum absolute atomic E-state index is 0.251. The first-order chi connectivity index (χ1) is 8.72. The first-order valence-corrected chi connectivity index (χ1v) is 6.12. The molecule has 0 spiro atoms. The summed E-state index contributed by atoms with van der Waals surface area (Å²) >= 11 is 0. The number of hydrogen-bond acceptors (Lipinski definition) is 5. The number of aromatic nitrogens is 1. The van der Waals surface area contributed by atoms with Gasteiger partial charge in [0.1, 0.15) is 5.82 Å². The van der Waals surface area contributed by atoms with Gasteiger partial charge in [0.15, 0.2) is 0 Å². The standard InChI is InChI=1S/C13H23N3O2/c1-11(10-18-3)16(6-7-17-2)13-5-4-12(8-14)9-15-13/h4-5,9,11H,6-8,10,14H2,1-3H3. The van der Waals surface area contributed by atoms with Gasteiger partial charge in [-0.25, -0.2) is 4.98 Å². The van der Waals surface area contributed by atoms with E-state index in [0.717, 1.165) is 17.9 Å². The molecule has 0 amide bonds. The molecule has 1 aromatic heterocycles. The van der Waals surface area contributed by atoms with Crippen LogP contribution in [0, 0.1) is 0 Å². The topological polar surface area (TPSA) is 60.6 Å². The van der Waals surface area contributed by atoms with Gasteiger partial charge in [-0.3, -0.25) is 0 Å². The lowest BCUT2D eigenvalue weighted by Gasteiger charge is -2.29. The van der Waals surface area contributed by atoms with Crippen molar-refractivity contribution in [1.82, 2.24) is 4.98 Å². The van der Waals surface area contributed by atoms with Gasteiger partial charge in [0.05, 0.1) is 19.3 Å². The Morgan fingerprint density at radius 1 is 1.33 bits per heavy atom. The van der Waals surface area contributed by atoms with Crippen LogP contribution in [0.25, 0.3) is 0 Å². The SMILES string of the molecule is COCCN(c1ccc(CN)cn1)C(C)COC. The van der Waals surface area contributed by atoms with E-state index < -0.39 is 0 Å². The molecule has 5 nitrogen and oxygen atoms in total. The Balaban J connectivity index is 2.79. The van der Waals surface area contributed by atoms with Gasteiger partial charge in [-0.1, -0.05) is 6.07 Å². The molecule has 0 aliphatic heterocycles. The maximum atomic E-state index is 5.57. The number of rotatable bonds is 8. The molecule has 1 aromatic rings. The third-order valence-electron chi connectivity index (χ3n) is 2.82. The van der Waals surface area contributed by atoms with Crippen molar-refractivity contribution in [3.05, 3.63) is 23.9 Å². The smallest absolute Gasteiger partial charge is 0.128 e. The predicted octanol–water partition coefficient (Wildman–Crippen LogP) is 1.03. The van der Waals surface area contributed by atoms with Crippen molar-refractivity contribution in [3.63, 3.8) is 0 Å². The zero-order valence-electron chi connectivity index (χ0n) is 11.4. The Kier molecular flexibility index (Phi) is 6.64. The Hall–Kier alpha value is -1.17. The van der Waals surface area contributed by atoms with Crippen molar-refractivity contribution in [2.24, 2.45) is 5.73 Å². The lowest BCUT2D eigenvalue weighted by Crippen LogP contribution is -2.39. The average Bonchev–Trinajstić information content (AvgIpc) is 2.40. The minimum atomic E-state index is 0.251. The van der Waals surface area contributed by atoms with E-state index in [4.69, 9.17) is 15.2 Å². The molecule has 0 saturated carbocycles. The van der Waals surface area contributed by atoms with Gasteiger partial charge in [-0.2, -0.15) is 0 Å². The number of ether oxygens (including phenoxy) is 2. The summed E-state index contributed by atoms with van der Waals surface area (Å²) in [5, 5.41) is 0. The number of pyridine rings is 1. The summed E-state index contributed by atoms with van der Waals surface area (Å²) in [6.07, 6.45) is 1.81. The van der Waals surface area contributed by atoms with Gasteiger partial charge >= 0.3 is 0 Å². The number of nitrogens with zero attached hydrogens (tertiary/aromatic N) is 2. The molecule has 0 radical (unpaired) electrons. The van der Waals surface area contributed by atoms with Crippen LogP contribution in [-0.2, 0) is 16.0 Å². The summed E-state index contributed by atoms with van der Waals surface area (Å²) in [5.74, 6) is 0.925. The molecule has 2 N–H and O–H groups in total. The second-order valence-electron chi connectivity index (χ2n) is 4.22. The van der Waals surface area contributed by atoms with Crippen LogP contribution >= 0.6 is 0 Å². The number of anilines is 1. The highest BCUT2D eigenvalue weighted by Crippen LogP contribution is 2.14. The second kappa shape index (κ2) is 8.02. The van der Waals surface area contributed by atoms with E-state index in [2.05, 4.69) is 16.8 Å². The lowest BCUT2D eigenvalue weighted by atomic mass is 10.2. The fourth-order valence-electron chi connectivity index (χ4n) is 1.79. The maximum Gasteiger partial charge on any atom is 0.128 e. The summed E-state index contributed by atoms with van der Waals surface area (Å²) in [6, 6.07) is 4.24. The van der Waals surface area contributed by atoms with E-state index in [1.54, 1.807) is 14.2 Å². The van der Waals surface area contributed by atoms with Crippen molar-refractivity contribution in [3.8, 4) is 0 Å². The molecule has 0 fully saturated rings. The van der Waals surface area contributed by atoms with Crippen LogP contribution in [0.4, 0.5) is 5.82 Å². The van der Waals surface area contributed by atoms with Crippen LogP contribution in [0.3, 0.4) is 0 Å². The van der Waals surface area contributed by atoms with Crippen LogP contribution in [0.1, 0.15) is 12.5 Å². The van der Waals surface area contributed by atoms with Crippen LogP contribution in [0.5, 0.6) is 0 Å². The molecule has 1 heterocycles. The monoisotopic (exact) mass is 253 g/mol. The van der Waals surface area contributed by atoms with Gasteiger partial charge in [0.25, 0.3) is 0 Å².